The van der Waals surface area contributed by atoms with Gasteiger partial charge >= 0.3 is 0 Å². The number of thiophene rings is 1. The first-order valence-electron chi connectivity index (χ1n) is 7.14. The number of aliphatic hydroxyl groups is 1. The van der Waals surface area contributed by atoms with Crippen LogP contribution in [-0.4, -0.2) is 48.6 Å². The van der Waals surface area contributed by atoms with Gasteiger partial charge in [0.15, 0.2) is 0 Å². The number of hydrogen-bond donors (Lipinski definition) is 2. The maximum absolute atomic E-state index is 12.0. The van der Waals surface area contributed by atoms with E-state index in [2.05, 4.69) is 5.32 Å². The lowest BCUT2D eigenvalue weighted by Gasteiger charge is -2.29. The maximum Gasteiger partial charge on any atom is 0.264 e. The Morgan fingerprint density at radius 1 is 1.38 bits per heavy atom. The Morgan fingerprint density at radius 2 is 2.05 bits per heavy atom. The van der Waals surface area contributed by atoms with Crippen LogP contribution in [0.2, 0.25) is 0 Å². The van der Waals surface area contributed by atoms with Crippen molar-refractivity contribution < 1.29 is 14.7 Å². The molecule has 0 aliphatic rings. The van der Waals surface area contributed by atoms with Crippen LogP contribution < -0.4 is 5.32 Å². The van der Waals surface area contributed by atoms with E-state index >= 15 is 0 Å². The van der Waals surface area contributed by atoms with Crippen LogP contribution in [0.1, 0.15) is 36.4 Å². The van der Waals surface area contributed by atoms with E-state index in [0.29, 0.717) is 11.4 Å². The van der Waals surface area contributed by atoms with Crippen LogP contribution in [0.25, 0.3) is 0 Å². The highest BCUT2D eigenvalue weighted by Gasteiger charge is 2.26. The highest BCUT2D eigenvalue weighted by molar-refractivity contribution is 7.12. The van der Waals surface area contributed by atoms with E-state index in [1.165, 1.54) is 16.2 Å². The van der Waals surface area contributed by atoms with Gasteiger partial charge in [0.2, 0.25) is 5.91 Å². The van der Waals surface area contributed by atoms with Gasteiger partial charge in [-0.05, 0) is 24.3 Å². The van der Waals surface area contributed by atoms with Gasteiger partial charge in [-0.3, -0.25) is 9.59 Å². The minimum absolute atomic E-state index is 0.0195. The second-order valence-corrected chi connectivity index (χ2v) is 6.23. The zero-order chi connectivity index (χ0) is 15.9. The molecule has 2 amide bonds. The van der Waals surface area contributed by atoms with Crippen LogP contribution in [0, 0.1) is 5.41 Å². The van der Waals surface area contributed by atoms with E-state index in [1.54, 1.807) is 13.1 Å². The van der Waals surface area contributed by atoms with Gasteiger partial charge in [0.05, 0.1) is 18.0 Å². The molecule has 0 saturated heterocycles. The molecule has 0 aliphatic heterocycles. The molecule has 2 N–H and O–H groups in total. The number of rotatable bonds is 8. The molecule has 118 valence electrons. The van der Waals surface area contributed by atoms with Gasteiger partial charge in [0.25, 0.3) is 5.91 Å². The lowest BCUT2D eigenvalue weighted by atomic mass is 9.83. The van der Waals surface area contributed by atoms with Crippen LogP contribution in [0.5, 0.6) is 0 Å². The Labute approximate surface area is 130 Å². The molecule has 0 unspecified atom stereocenters. The van der Waals surface area contributed by atoms with Crippen molar-refractivity contribution in [1.29, 1.82) is 0 Å². The van der Waals surface area contributed by atoms with Crippen molar-refractivity contribution in [3.05, 3.63) is 22.4 Å². The summed E-state index contributed by atoms with van der Waals surface area (Å²) >= 11 is 1.36. The molecule has 21 heavy (non-hydrogen) atoms. The molecule has 0 bridgehead atoms. The monoisotopic (exact) mass is 312 g/mol. The first-order chi connectivity index (χ1) is 9.98. The normalized spacial score (nSPS) is 11.2. The zero-order valence-electron chi connectivity index (χ0n) is 12.9. The Balaban J connectivity index is 2.48. The summed E-state index contributed by atoms with van der Waals surface area (Å²) in [6.07, 6.45) is 1.59. The minimum atomic E-state index is -0.272. The smallest absolute Gasteiger partial charge is 0.264 e. The van der Waals surface area contributed by atoms with Crippen molar-refractivity contribution in [2.45, 2.75) is 26.7 Å². The second kappa shape index (κ2) is 8.14. The van der Waals surface area contributed by atoms with Crippen molar-refractivity contribution in [1.82, 2.24) is 10.2 Å². The van der Waals surface area contributed by atoms with E-state index in [4.69, 9.17) is 0 Å². The third kappa shape index (κ3) is 4.82. The molecule has 0 fully saturated rings. The van der Waals surface area contributed by atoms with E-state index in [0.717, 1.165) is 12.8 Å². The standard InChI is InChI=1S/C15H24N2O3S/c1-4-15(5-2,11-18)10-16-13(19)9-17(3)14(20)12-7-6-8-21-12/h6-8,18H,4-5,9-11H2,1-3H3,(H,16,19). The van der Waals surface area contributed by atoms with Crippen molar-refractivity contribution in [3.63, 3.8) is 0 Å². The molecule has 1 rings (SSSR count). The van der Waals surface area contributed by atoms with E-state index < -0.39 is 0 Å². The number of likely N-dealkylation sites (N-methyl/N-ethyl adjacent to an activating group) is 1. The third-order valence-corrected chi connectivity index (χ3v) is 4.81. The molecule has 1 aromatic rings. The van der Waals surface area contributed by atoms with Gasteiger partial charge in [-0.1, -0.05) is 19.9 Å². The molecule has 1 heterocycles. The number of nitrogens with zero attached hydrogens (tertiary/aromatic N) is 1. The fourth-order valence-corrected chi connectivity index (χ4v) is 2.71. The van der Waals surface area contributed by atoms with Crippen molar-refractivity contribution in [3.8, 4) is 0 Å². The highest BCUT2D eigenvalue weighted by atomic mass is 32.1. The van der Waals surface area contributed by atoms with Gasteiger partial charge in [-0.25, -0.2) is 0 Å². The van der Waals surface area contributed by atoms with Gasteiger partial charge in [-0.15, -0.1) is 11.3 Å². The maximum atomic E-state index is 12.0. The quantitative estimate of drug-likeness (QED) is 0.768. The topological polar surface area (TPSA) is 69.6 Å². The Morgan fingerprint density at radius 3 is 2.52 bits per heavy atom. The molecule has 0 aromatic carbocycles. The molecular formula is C15H24N2O3S. The summed E-state index contributed by atoms with van der Waals surface area (Å²) in [6.45, 7) is 4.49. The molecular weight excluding hydrogens is 288 g/mol. The number of nitrogens with one attached hydrogen (secondary N) is 1. The van der Waals surface area contributed by atoms with Crippen LogP contribution in [0.15, 0.2) is 17.5 Å². The largest absolute Gasteiger partial charge is 0.396 e. The summed E-state index contributed by atoms with van der Waals surface area (Å²) in [6, 6.07) is 3.55. The molecule has 0 aliphatic carbocycles. The summed E-state index contributed by atoms with van der Waals surface area (Å²) in [5.41, 5.74) is -0.272. The van der Waals surface area contributed by atoms with Crippen molar-refractivity contribution in [2.75, 3.05) is 26.7 Å². The van der Waals surface area contributed by atoms with Crippen LogP contribution in [0.3, 0.4) is 0 Å². The molecule has 0 atom stereocenters. The summed E-state index contributed by atoms with van der Waals surface area (Å²) in [5.74, 6) is -0.360. The summed E-state index contributed by atoms with van der Waals surface area (Å²) in [5, 5.41) is 14.1. The summed E-state index contributed by atoms with van der Waals surface area (Å²) in [4.78, 5) is 26.0. The van der Waals surface area contributed by atoms with Crippen LogP contribution >= 0.6 is 11.3 Å². The lowest BCUT2D eigenvalue weighted by molar-refractivity contribution is -0.122. The van der Waals surface area contributed by atoms with E-state index in [-0.39, 0.29) is 30.4 Å². The highest BCUT2D eigenvalue weighted by Crippen LogP contribution is 2.24. The third-order valence-electron chi connectivity index (χ3n) is 3.96. The molecule has 6 heteroatoms. The molecule has 0 spiro atoms. The molecule has 1 aromatic heterocycles. The number of hydrogen-bond acceptors (Lipinski definition) is 4. The first-order valence-corrected chi connectivity index (χ1v) is 8.02. The minimum Gasteiger partial charge on any atom is -0.396 e. The lowest BCUT2D eigenvalue weighted by Crippen LogP contribution is -2.44. The van der Waals surface area contributed by atoms with Gasteiger partial charge in [0, 0.05) is 19.0 Å². The Hall–Kier alpha value is -1.40. The fraction of sp³-hybridized carbons (Fsp3) is 0.600. The number of aliphatic hydroxyl groups excluding tert-OH is 1. The van der Waals surface area contributed by atoms with Gasteiger partial charge in [0.1, 0.15) is 0 Å². The predicted octanol–water partition coefficient (Wildman–Crippen LogP) is 1.73. The molecule has 0 radical (unpaired) electrons. The zero-order valence-corrected chi connectivity index (χ0v) is 13.7. The van der Waals surface area contributed by atoms with Crippen LogP contribution in [-0.2, 0) is 4.79 Å². The van der Waals surface area contributed by atoms with E-state index in [9.17, 15) is 14.7 Å². The number of carbonyl (C=O) groups excluding carboxylic acids is 2. The average molecular weight is 312 g/mol. The predicted molar refractivity (Wildman–Crippen MR) is 84.4 cm³/mol. The Kier molecular flexibility index (Phi) is 6.84. The van der Waals surface area contributed by atoms with Crippen molar-refractivity contribution in [2.24, 2.45) is 5.41 Å². The average Bonchev–Trinajstić information content (AvgIpc) is 3.02. The van der Waals surface area contributed by atoms with Crippen LogP contribution in [0.4, 0.5) is 0 Å². The second-order valence-electron chi connectivity index (χ2n) is 5.28. The summed E-state index contributed by atoms with van der Waals surface area (Å²) in [7, 11) is 1.61. The van der Waals surface area contributed by atoms with Crippen molar-refractivity contribution >= 4 is 23.2 Å². The van der Waals surface area contributed by atoms with Gasteiger partial charge < -0.3 is 15.3 Å². The van der Waals surface area contributed by atoms with E-state index in [1.807, 2.05) is 25.3 Å². The fourth-order valence-electron chi connectivity index (χ4n) is 2.00. The Bertz CT molecular complexity index is 447. The molecule has 5 nitrogen and oxygen atoms in total. The first kappa shape index (κ1) is 17.7. The SMILES string of the molecule is CCC(CC)(CO)CNC(=O)CN(C)C(=O)c1cccs1. The summed E-state index contributed by atoms with van der Waals surface area (Å²) < 4.78 is 0. The number of amides is 2. The van der Waals surface area contributed by atoms with Gasteiger partial charge in [-0.2, -0.15) is 0 Å². The molecule has 0 saturated carbocycles. The number of carbonyl (C=O) groups is 2.